The monoisotopic (exact) mass is 616 g/mol. The highest BCUT2D eigenvalue weighted by Gasteiger charge is 2.19. The van der Waals surface area contributed by atoms with E-state index in [0.717, 1.165) is 30.2 Å². The molecule has 6 rings (SSSR count). The van der Waals surface area contributed by atoms with Gasteiger partial charge in [-0.1, -0.05) is 42.5 Å². The molecule has 0 radical (unpaired) electrons. The minimum absolute atomic E-state index is 0.428. The maximum atomic E-state index is 14.2. The van der Waals surface area contributed by atoms with Crippen molar-refractivity contribution in [3.63, 3.8) is 0 Å². The Morgan fingerprint density at radius 2 is 1.52 bits per heavy atom. The van der Waals surface area contributed by atoms with E-state index in [1.807, 2.05) is 84.9 Å². The van der Waals surface area contributed by atoms with Crippen LogP contribution in [0.15, 0.2) is 121 Å². The molecule has 0 saturated carbocycles. The number of hydrogen-bond acceptors (Lipinski definition) is 8. The number of nitrogens with one attached hydrogen (secondary N) is 1. The number of methoxy groups -OCH3 is 2. The highest BCUT2D eigenvalue weighted by Crippen LogP contribution is 2.36. The van der Waals surface area contributed by atoms with Gasteiger partial charge in [-0.25, -0.2) is 14.5 Å². The summed E-state index contributed by atoms with van der Waals surface area (Å²) in [5.41, 5.74) is 2.65. The molecule has 2 aromatic heterocycles. The van der Waals surface area contributed by atoms with Crippen LogP contribution in [0, 0.1) is 0 Å². The van der Waals surface area contributed by atoms with Crippen molar-refractivity contribution in [3.8, 4) is 28.7 Å². The summed E-state index contributed by atoms with van der Waals surface area (Å²) < 4.78 is 38.1. The van der Waals surface area contributed by atoms with Gasteiger partial charge in [-0.05, 0) is 77.9 Å². The second-order valence-electron chi connectivity index (χ2n) is 10.1. The average molecular weight is 617 g/mol. The first-order valence-electron chi connectivity index (χ1n) is 14.3. The predicted molar refractivity (Wildman–Crippen MR) is 173 cm³/mol. The Labute approximate surface area is 264 Å². The molecule has 0 amide bonds. The van der Waals surface area contributed by atoms with E-state index in [-0.39, 0.29) is 0 Å². The predicted octanol–water partition coefficient (Wildman–Crippen LogP) is 8.30. The van der Waals surface area contributed by atoms with Gasteiger partial charge in [-0.2, -0.15) is 9.49 Å². The molecule has 0 aliphatic carbocycles. The third-order valence-electron chi connectivity index (χ3n) is 6.94. The number of hydrogen-bond donors (Lipinski definition) is 1. The molecule has 0 bridgehead atoms. The fourth-order valence-corrected chi connectivity index (χ4v) is 4.73. The fourth-order valence-electron chi connectivity index (χ4n) is 4.73. The zero-order valence-electron chi connectivity index (χ0n) is 25.0. The Morgan fingerprint density at radius 3 is 2.24 bits per heavy atom. The minimum atomic E-state index is -1.05. The van der Waals surface area contributed by atoms with Crippen molar-refractivity contribution in [2.45, 2.75) is 6.54 Å². The van der Waals surface area contributed by atoms with E-state index >= 15 is 0 Å². The molecule has 0 saturated heterocycles. The molecular weight excluding hydrogens is 587 g/mol. The zero-order valence-corrected chi connectivity index (χ0v) is 25.0. The van der Waals surface area contributed by atoms with E-state index < -0.39 is 11.8 Å². The summed E-state index contributed by atoms with van der Waals surface area (Å²) in [5.74, 6) is 1.70. The Kier molecular flexibility index (Phi) is 8.87. The van der Waals surface area contributed by atoms with Crippen LogP contribution in [0.2, 0.25) is 0 Å². The Morgan fingerprint density at radius 1 is 0.826 bits per heavy atom. The second-order valence-corrected chi connectivity index (χ2v) is 10.1. The molecule has 2 heterocycles. The molecule has 10 heteroatoms. The molecule has 0 spiro atoms. The molecule has 0 aliphatic heterocycles. The van der Waals surface area contributed by atoms with Gasteiger partial charge >= 0.3 is 5.97 Å². The van der Waals surface area contributed by atoms with Crippen LogP contribution in [-0.4, -0.2) is 35.0 Å². The smallest absolute Gasteiger partial charge is 0.366 e. The van der Waals surface area contributed by atoms with Crippen LogP contribution in [-0.2, 0) is 16.1 Å². The summed E-state index contributed by atoms with van der Waals surface area (Å²) in [7, 11) is 2.75. The van der Waals surface area contributed by atoms with Crippen LogP contribution >= 0.6 is 0 Å². The lowest BCUT2D eigenvalue weighted by Gasteiger charge is -2.10. The number of nitrogens with zero attached hydrogens (tertiary/aromatic N) is 3. The number of carbonyl (C=O) groups excluding carboxylic acids is 1. The zero-order chi connectivity index (χ0) is 31.9. The van der Waals surface area contributed by atoms with Crippen molar-refractivity contribution in [2.24, 2.45) is 0 Å². The standard InChI is InChI=1S/C36H29FN4O5/c1-43-27-13-11-24(12-14-27)23-41-35-33(34(40-41)39-26-8-6-7-25(21-26)22-31(37)36(42)44-2)32(19-20-38-35)46-30-17-15-29(16-18-30)45-28-9-4-3-5-10-28/h3-22H,23H2,1-2H3,(H,39,40). The number of aromatic nitrogens is 3. The largest absolute Gasteiger partial charge is 0.497 e. The quantitative estimate of drug-likeness (QED) is 0.115. The highest BCUT2D eigenvalue weighted by atomic mass is 19.1. The van der Waals surface area contributed by atoms with Crippen LogP contribution in [0.3, 0.4) is 0 Å². The van der Waals surface area contributed by atoms with Crippen LogP contribution in [0.25, 0.3) is 17.1 Å². The molecule has 0 fully saturated rings. The number of rotatable bonds is 11. The summed E-state index contributed by atoms with van der Waals surface area (Å²) in [6.07, 6.45) is 2.78. The number of pyridine rings is 1. The van der Waals surface area contributed by atoms with E-state index in [1.54, 1.807) is 42.3 Å². The number of carbonyl (C=O) groups is 1. The summed E-state index contributed by atoms with van der Waals surface area (Å²) in [6, 6.07) is 33.2. The molecule has 230 valence electrons. The summed E-state index contributed by atoms with van der Waals surface area (Å²) in [4.78, 5) is 16.2. The number of halogens is 1. The Balaban J connectivity index is 1.34. The third-order valence-corrected chi connectivity index (χ3v) is 6.94. The molecule has 46 heavy (non-hydrogen) atoms. The SMILES string of the molecule is COC(=O)C(F)=Cc1cccc(Nc2nn(Cc3ccc(OC)cc3)c3nccc(Oc4ccc(Oc5ccccc5)cc4)c23)c1. The lowest BCUT2D eigenvalue weighted by molar-refractivity contribution is -0.137. The lowest BCUT2D eigenvalue weighted by atomic mass is 10.1. The van der Waals surface area contributed by atoms with Gasteiger partial charge in [0.15, 0.2) is 11.5 Å². The fraction of sp³-hybridized carbons (Fsp3) is 0.0833. The van der Waals surface area contributed by atoms with E-state index in [1.165, 1.54) is 0 Å². The summed E-state index contributed by atoms with van der Waals surface area (Å²) >= 11 is 0. The van der Waals surface area contributed by atoms with E-state index in [0.29, 0.717) is 51.9 Å². The van der Waals surface area contributed by atoms with Crippen molar-refractivity contribution in [3.05, 3.63) is 132 Å². The first-order valence-corrected chi connectivity index (χ1v) is 14.3. The maximum Gasteiger partial charge on any atom is 0.366 e. The van der Waals surface area contributed by atoms with Gasteiger partial charge in [0, 0.05) is 18.0 Å². The molecule has 0 unspecified atom stereocenters. The Bertz CT molecular complexity index is 1990. The van der Waals surface area contributed by atoms with E-state index in [4.69, 9.17) is 19.3 Å². The molecule has 0 aliphatic rings. The number of para-hydroxylation sites is 1. The average Bonchev–Trinajstić information content (AvgIpc) is 3.43. The van der Waals surface area contributed by atoms with Crippen molar-refractivity contribution in [1.29, 1.82) is 0 Å². The van der Waals surface area contributed by atoms with Gasteiger partial charge in [0.2, 0.25) is 5.83 Å². The summed E-state index contributed by atoms with van der Waals surface area (Å²) in [5, 5.41) is 8.84. The molecule has 6 aromatic rings. The molecule has 4 aromatic carbocycles. The Hall–Kier alpha value is -6.16. The van der Waals surface area contributed by atoms with Gasteiger partial charge in [0.25, 0.3) is 0 Å². The van der Waals surface area contributed by atoms with Crippen LogP contribution < -0.4 is 19.5 Å². The first kappa shape index (κ1) is 29.9. The molecular formula is C36H29FN4O5. The lowest BCUT2D eigenvalue weighted by Crippen LogP contribution is -2.03. The second kappa shape index (κ2) is 13.6. The molecule has 9 nitrogen and oxygen atoms in total. The van der Waals surface area contributed by atoms with Crippen molar-refractivity contribution in [2.75, 3.05) is 19.5 Å². The van der Waals surface area contributed by atoms with E-state index in [2.05, 4.69) is 15.0 Å². The van der Waals surface area contributed by atoms with Gasteiger partial charge in [-0.3, -0.25) is 0 Å². The third kappa shape index (κ3) is 6.97. The number of anilines is 2. The minimum Gasteiger partial charge on any atom is -0.497 e. The molecule has 0 atom stereocenters. The van der Waals surface area contributed by atoms with Crippen molar-refractivity contribution in [1.82, 2.24) is 14.8 Å². The van der Waals surface area contributed by atoms with Crippen LogP contribution in [0.1, 0.15) is 11.1 Å². The topological polar surface area (TPSA) is 96.7 Å². The van der Waals surface area contributed by atoms with E-state index in [9.17, 15) is 9.18 Å². The highest BCUT2D eigenvalue weighted by molar-refractivity contribution is 5.95. The van der Waals surface area contributed by atoms with Crippen molar-refractivity contribution >= 4 is 34.6 Å². The molecule has 1 N–H and O–H groups in total. The van der Waals surface area contributed by atoms with Crippen LogP contribution in [0.5, 0.6) is 28.7 Å². The number of fused-ring (bicyclic) bond motifs is 1. The number of benzene rings is 4. The first-order chi connectivity index (χ1) is 22.5. The van der Waals surface area contributed by atoms with Crippen LogP contribution in [0.4, 0.5) is 15.9 Å². The van der Waals surface area contributed by atoms with Crippen molar-refractivity contribution < 1.29 is 28.1 Å². The van der Waals surface area contributed by atoms with Gasteiger partial charge in [-0.15, -0.1) is 0 Å². The van der Waals surface area contributed by atoms with Gasteiger partial charge in [0.1, 0.15) is 34.1 Å². The maximum absolute atomic E-state index is 14.2. The summed E-state index contributed by atoms with van der Waals surface area (Å²) in [6.45, 7) is 0.428. The number of ether oxygens (including phenoxy) is 4. The van der Waals surface area contributed by atoms with Gasteiger partial charge in [0.05, 0.1) is 20.8 Å². The number of esters is 1. The van der Waals surface area contributed by atoms with Gasteiger partial charge < -0.3 is 24.3 Å². The normalized spacial score (nSPS) is 11.2.